The molecule has 0 fully saturated rings. The first-order valence-electron chi connectivity index (χ1n) is 6.80. The summed E-state index contributed by atoms with van der Waals surface area (Å²) < 4.78 is 4.83. The minimum absolute atomic E-state index is 0.0126. The van der Waals surface area contributed by atoms with E-state index in [1.54, 1.807) is 4.90 Å². The van der Waals surface area contributed by atoms with Crippen molar-refractivity contribution in [1.29, 1.82) is 0 Å². The molecule has 0 unspecified atom stereocenters. The van der Waals surface area contributed by atoms with Crippen molar-refractivity contribution in [2.75, 3.05) is 26.8 Å². The molecular weight excluding hydrogens is 246 g/mol. The molecule has 0 aromatic heterocycles. The fourth-order valence-corrected chi connectivity index (χ4v) is 2.22. The molecule has 1 aliphatic carbocycles. The van der Waals surface area contributed by atoms with Gasteiger partial charge in [0.2, 0.25) is 5.91 Å². The van der Waals surface area contributed by atoms with Gasteiger partial charge in [-0.15, -0.1) is 0 Å². The van der Waals surface area contributed by atoms with Crippen molar-refractivity contribution in [3.05, 3.63) is 11.6 Å². The lowest BCUT2D eigenvalue weighted by Gasteiger charge is -2.23. The van der Waals surface area contributed by atoms with Crippen LogP contribution >= 0.6 is 0 Å². The predicted octanol–water partition coefficient (Wildman–Crippen LogP) is 1.83. The number of ether oxygens (including phenoxy) is 1. The Balaban J connectivity index is 2.45. The quantitative estimate of drug-likeness (QED) is 0.683. The van der Waals surface area contributed by atoms with E-state index in [9.17, 15) is 9.59 Å². The van der Waals surface area contributed by atoms with Crippen LogP contribution in [0.4, 0.5) is 0 Å². The summed E-state index contributed by atoms with van der Waals surface area (Å²) in [6.45, 7) is 0.852. The molecule has 0 saturated carbocycles. The topological polar surface area (TPSA) is 66.8 Å². The van der Waals surface area contributed by atoms with Crippen LogP contribution in [0.25, 0.3) is 0 Å². The zero-order valence-electron chi connectivity index (χ0n) is 11.6. The van der Waals surface area contributed by atoms with Crippen molar-refractivity contribution in [2.24, 2.45) is 0 Å². The molecule has 19 heavy (non-hydrogen) atoms. The van der Waals surface area contributed by atoms with E-state index in [-0.39, 0.29) is 25.5 Å². The molecule has 0 bridgehead atoms. The predicted molar refractivity (Wildman–Crippen MR) is 71.9 cm³/mol. The number of carboxylic acid groups (broad SMARTS) is 1. The number of carbonyl (C=O) groups excluding carboxylic acids is 1. The van der Waals surface area contributed by atoms with Crippen molar-refractivity contribution in [1.82, 2.24) is 4.90 Å². The summed E-state index contributed by atoms with van der Waals surface area (Å²) in [4.78, 5) is 24.0. The van der Waals surface area contributed by atoms with E-state index in [0.29, 0.717) is 6.54 Å². The molecule has 1 rings (SSSR count). The molecule has 0 atom stereocenters. The van der Waals surface area contributed by atoms with Crippen LogP contribution < -0.4 is 0 Å². The highest BCUT2D eigenvalue weighted by Gasteiger charge is 2.15. The summed E-state index contributed by atoms with van der Waals surface area (Å²) in [5.41, 5.74) is 1.39. The number of rotatable bonds is 8. The largest absolute Gasteiger partial charge is 0.481 e. The summed E-state index contributed by atoms with van der Waals surface area (Å²) in [6.07, 6.45) is 7.76. The second kappa shape index (κ2) is 8.69. The van der Waals surface area contributed by atoms with Gasteiger partial charge in [0.1, 0.15) is 6.61 Å². The molecular formula is C14H23NO4. The second-order valence-corrected chi connectivity index (χ2v) is 4.82. The highest BCUT2D eigenvalue weighted by Crippen LogP contribution is 2.20. The van der Waals surface area contributed by atoms with E-state index in [1.165, 1.54) is 25.5 Å². The van der Waals surface area contributed by atoms with Crippen LogP contribution in [0.15, 0.2) is 11.6 Å². The lowest BCUT2D eigenvalue weighted by molar-refractivity contribution is -0.139. The molecule has 108 valence electrons. The van der Waals surface area contributed by atoms with Gasteiger partial charge in [0.25, 0.3) is 0 Å². The average molecular weight is 269 g/mol. The third-order valence-corrected chi connectivity index (χ3v) is 3.30. The molecule has 0 aromatic carbocycles. The molecule has 0 radical (unpaired) electrons. The van der Waals surface area contributed by atoms with E-state index in [1.807, 2.05) is 0 Å². The van der Waals surface area contributed by atoms with Crippen LogP contribution in [0.1, 0.15) is 38.5 Å². The maximum atomic E-state index is 11.8. The molecule has 0 spiro atoms. The van der Waals surface area contributed by atoms with Crippen molar-refractivity contribution in [3.8, 4) is 0 Å². The van der Waals surface area contributed by atoms with Crippen molar-refractivity contribution < 1.29 is 19.4 Å². The highest BCUT2D eigenvalue weighted by atomic mass is 16.5. The molecule has 5 heteroatoms. The van der Waals surface area contributed by atoms with Crippen LogP contribution in [0, 0.1) is 0 Å². The van der Waals surface area contributed by atoms with E-state index in [4.69, 9.17) is 9.84 Å². The number of carboxylic acids is 1. The minimum Gasteiger partial charge on any atom is -0.481 e. The Morgan fingerprint density at radius 3 is 2.74 bits per heavy atom. The van der Waals surface area contributed by atoms with Gasteiger partial charge in [0, 0.05) is 20.2 Å². The normalized spacial score (nSPS) is 14.9. The Morgan fingerprint density at radius 2 is 2.16 bits per heavy atom. The summed E-state index contributed by atoms with van der Waals surface area (Å²) in [5, 5.41) is 8.71. The van der Waals surface area contributed by atoms with Crippen LogP contribution in [0.2, 0.25) is 0 Å². The van der Waals surface area contributed by atoms with Crippen molar-refractivity contribution >= 4 is 11.9 Å². The lowest BCUT2D eigenvalue weighted by atomic mass is 9.97. The van der Waals surface area contributed by atoms with Gasteiger partial charge in [-0.1, -0.05) is 11.6 Å². The smallest absolute Gasteiger partial charge is 0.305 e. The van der Waals surface area contributed by atoms with Gasteiger partial charge >= 0.3 is 5.97 Å². The molecule has 5 nitrogen and oxygen atoms in total. The number of carbonyl (C=O) groups is 2. The van der Waals surface area contributed by atoms with E-state index >= 15 is 0 Å². The minimum atomic E-state index is -0.882. The van der Waals surface area contributed by atoms with Gasteiger partial charge in [-0.3, -0.25) is 9.59 Å². The fraction of sp³-hybridized carbons (Fsp3) is 0.714. The molecule has 0 aliphatic heterocycles. The zero-order chi connectivity index (χ0) is 14.1. The first-order chi connectivity index (χ1) is 9.13. The summed E-state index contributed by atoms with van der Waals surface area (Å²) in [5.74, 6) is -1.02. The lowest BCUT2D eigenvalue weighted by Crippen LogP contribution is -2.36. The van der Waals surface area contributed by atoms with Crippen LogP contribution in [0.5, 0.6) is 0 Å². The Labute approximate surface area is 114 Å². The molecule has 1 amide bonds. The van der Waals surface area contributed by atoms with E-state index in [0.717, 1.165) is 19.3 Å². The van der Waals surface area contributed by atoms with Gasteiger partial charge in [-0.25, -0.2) is 0 Å². The Bertz CT molecular complexity index is 338. The summed E-state index contributed by atoms with van der Waals surface area (Å²) in [7, 11) is 1.47. The molecule has 0 aromatic rings. The molecule has 0 heterocycles. The molecule has 1 N–H and O–H groups in total. The Morgan fingerprint density at radius 1 is 1.37 bits per heavy atom. The summed E-state index contributed by atoms with van der Waals surface area (Å²) in [6, 6.07) is 0. The van der Waals surface area contributed by atoms with Gasteiger partial charge in [-0.05, 0) is 32.1 Å². The second-order valence-electron chi connectivity index (χ2n) is 4.82. The molecule has 1 aliphatic rings. The first-order valence-corrected chi connectivity index (χ1v) is 6.80. The number of methoxy groups -OCH3 is 1. The number of allylic oxidation sites excluding steroid dienone is 1. The van der Waals surface area contributed by atoms with Gasteiger partial charge in [0.05, 0.1) is 6.42 Å². The Hall–Kier alpha value is -1.36. The number of hydrogen-bond acceptors (Lipinski definition) is 3. The zero-order valence-corrected chi connectivity index (χ0v) is 11.6. The van der Waals surface area contributed by atoms with Crippen LogP contribution in [-0.4, -0.2) is 48.7 Å². The standard InChI is InChI=1S/C14H23NO4/c1-19-11-13(16)15(10-8-14(17)18)9-7-12-5-3-2-4-6-12/h5H,2-4,6-11H2,1H3,(H,17,18). The van der Waals surface area contributed by atoms with Gasteiger partial charge in [-0.2, -0.15) is 0 Å². The maximum absolute atomic E-state index is 11.8. The fourth-order valence-electron chi connectivity index (χ4n) is 2.22. The van der Waals surface area contributed by atoms with Crippen molar-refractivity contribution in [2.45, 2.75) is 38.5 Å². The number of aliphatic carboxylic acids is 1. The Kier molecular flexibility index (Phi) is 7.18. The summed E-state index contributed by atoms with van der Waals surface area (Å²) >= 11 is 0. The number of amides is 1. The van der Waals surface area contributed by atoms with E-state index in [2.05, 4.69) is 6.08 Å². The number of hydrogen-bond donors (Lipinski definition) is 1. The van der Waals surface area contributed by atoms with E-state index < -0.39 is 5.97 Å². The first kappa shape index (κ1) is 15.7. The van der Waals surface area contributed by atoms with Gasteiger partial charge in [0.15, 0.2) is 0 Å². The third-order valence-electron chi connectivity index (χ3n) is 3.30. The monoisotopic (exact) mass is 269 g/mol. The number of nitrogens with zero attached hydrogens (tertiary/aromatic N) is 1. The van der Waals surface area contributed by atoms with Crippen molar-refractivity contribution in [3.63, 3.8) is 0 Å². The molecule has 0 saturated heterocycles. The maximum Gasteiger partial charge on any atom is 0.305 e. The van der Waals surface area contributed by atoms with Crippen LogP contribution in [-0.2, 0) is 14.3 Å². The van der Waals surface area contributed by atoms with Crippen LogP contribution in [0.3, 0.4) is 0 Å². The van der Waals surface area contributed by atoms with Gasteiger partial charge < -0.3 is 14.7 Å². The SMILES string of the molecule is COCC(=O)N(CCC(=O)O)CCC1=CCCCC1. The highest BCUT2D eigenvalue weighted by molar-refractivity contribution is 5.78. The third kappa shape index (κ3) is 6.38. The average Bonchev–Trinajstić information content (AvgIpc) is 2.40.